The summed E-state index contributed by atoms with van der Waals surface area (Å²) in [5.41, 5.74) is 6.63. The minimum Gasteiger partial charge on any atom is -0.279 e. The highest BCUT2D eigenvalue weighted by Gasteiger charge is 2.25. The lowest BCUT2D eigenvalue weighted by atomic mass is 10.1. The summed E-state index contributed by atoms with van der Waals surface area (Å²) in [6.07, 6.45) is 0. The Hall–Kier alpha value is -3.87. The molecule has 0 spiro atoms. The molecule has 6 heteroatoms. The summed E-state index contributed by atoms with van der Waals surface area (Å²) in [4.78, 5) is 27.0. The summed E-state index contributed by atoms with van der Waals surface area (Å²) in [6, 6.07) is 28.2. The topological polar surface area (TPSA) is 46.1 Å². The van der Waals surface area contributed by atoms with E-state index in [0.717, 1.165) is 37.3 Å². The van der Waals surface area contributed by atoms with Gasteiger partial charge in [-0.15, -0.1) is 11.3 Å². The van der Waals surface area contributed by atoms with Crippen LogP contribution in [0.15, 0.2) is 90.3 Å². The van der Waals surface area contributed by atoms with Gasteiger partial charge in [0.25, 0.3) is 5.91 Å². The number of para-hydroxylation sites is 1. The maximum absolute atomic E-state index is 14.4. The van der Waals surface area contributed by atoms with E-state index in [2.05, 4.69) is 26.0 Å². The predicted molar refractivity (Wildman–Crippen MR) is 151 cm³/mol. The minimum atomic E-state index is -0.0808. The number of benzene rings is 3. The Morgan fingerprint density at radius 3 is 2.42 bits per heavy atom. The molecule has 4 nitrogen and oxygen atoms in total. The first-order valence-electron chi connectivity index (χ1n) is 11.7. The van der Waals surface area contributed by atoms with Crippen LogP contribution in [0.5, 0.6) is 0 Å². The molecule has 0 bridgehead atoms. The Labute approximate surface area is 217 Å². The van der Waals surface area contributed by atoms with Crippen LogP contribution in [0.3, 0.4) is 0 Å². The lowest BCUT2D eigenvalue weighted by Crippen LogP contribution is -2.30. The van der Waals surface area contributed by atoms with Crippen LogP contribution in [0.2, 0.25) is 0 Å². The van der Waals surface area contributed by atoms with Gasteiger partial charge in [-0.05, 0) is 66.2 Å². The molecular formula is C30H23N3OS2. The van der Waals surface area contributed by atoms with E-state index < -0.39 is 0 Å². The zero-order chi connectivity index (χ0) is 24.6. The summed E-state index contributed by atoms with van der Waals surface area (Å²) in [5.74, 6) is -0.0808. The molecule has 3 aromatic carbocycles. The van der Waals surface area contributed by atoms with Crippen molar-refractivity contribution in [3.63, 3.8) is 0 Å². The van der Waals surface area contributed by atoms with Crippen LogP contribution in [-0.4, -0.2) is 15.9 Å². The van der Waals surface area contributed by atoms with Gasteiger partial charge in [-0.2, -0.15) is 0 Å². The zero-order valence-electron chi connectivity index (χ0n) is 19.9. The van der Waals surface area contributed by atoms with E-state index >= 15 is 0 Å². The highest BCUT2D eigenvalue weighted by Crippen LogP contribution is 2.34. The number of rotatable bonds is 5. The van der Waals surface area contributed by atoms with Crippen LogP contribution in [0.1, 0.15) is 27.0 Å². The fourth-order valence-electron chi connectivity index (χ4n) is 4.32. The lowest BCUT2D eigenvalue weighted by Gasteiger charge is -2.21. The smallest absolute Gasteiger partial charge is 0.261 e. The summed E-state index contributed by atoms with van der Waals surface area (Å²) in [5, 5.41) is 3.57. The number of pyridine rings is 1. The first-order valence-corrected chi connectivity index (χ1v) is 13.4. The van der Waals surface area contributed by atoms with Crippen molar-refractivity contribution in [3.8, 4) is 10.6 Å². The van der Waals surface area contributed by atoms with Crippen LogP contribution >= 0.6 is 22.7 Å². The zero-order valence-corrected chi connectivity index (χ0v) is 21.6. The highest BCUT2D eigenvalue weighted by molar-refractivity contribution is 7.22. The van der Waals surface area contributed by atoms with Crippen LogP contribution in [0.25, 0.3) is 31.7 Å². The Morgan fingerprint density at radius 1 is 0.833 bits per heavy atom. The normalized spacial score (nSPS) is 11.3. The molecule has 0 saturated carbocycles. The predicted octanol–water partition coefficient (Wildman–Crippen LogP) is 8.04. The first kappa shape index (κ1) is 22.6. The van der Waals surface area contributed by atoms with Gasteiger partial charge in [0.05, 0.1) is 38.4 Å². The number of hydrogen-bond donors (Lipinski definition) is 0. The van der Waals surface area contributed by atoms with E-state index in [0.29, 0.717) is 17.2 Å². The van der Waals surface area contributed by atoms with Gasteiger partial charge >= 0.3 is 0 Å². The molecule has 0 atom stereocenters. The van der Waals surface area contributed by atoms with Gasteiger partial charge in [0, 0.05) is 5.39 Å². The number of anilines is 1. The molecule has 0 aliphatic carbocycles. The SMILES string of the molecule is Cc1cc2nc(N(Cc3ccccc3)C(=O)c3cc(-c4cccs4)nc4ccccc34)sc2cc1C. The highest BCUT2D eigenvalue weighted by atomic mass is 32.1. The van der Waals surface area contributed by atoms with Gasteiger partial charge in [0.2, 0.25) is 0 Å². The number of amides is 1. The van der Waals surface area contributed by atoms with Crippen molar-refractivity contribution < 1.29 is 4.79 Å². The fraction of sp³-hybridized carbons (Fsp3) is 0.100. The molecule has 0 aliphatic heterocycles. The second-order valence-electron chi connectivity index (χ2n) is 8.83. The van der Waals surface area contributed by atoms with Crippen LogP contribution in [0.4, 0.5) is 5.13 Å². The van der Waals surface area contributed by atoms with Crippen molar-refractivity contribution >= 4 is 54.8 Å². The molecule has 6 aromatic rings. The lowest BCUT2D eigenvalue weighted by molar-refractivity contribution is 0.0986. The molecule has 3 aromatic heterocycles. The molecule has 176 valence electrons. The van der Waals surface area contributed by atoms with E-state index in [1.54, 1.807) is 22.7 Å². The van der Waals surface area contributed by atoms with Crippen molar-refractivity contribution in [2.75, 3.05) is 4.90 Å². The summed E-state index contributed by atoms with van der Waals surface area (Å²) >= 11 is 3.18. The number of hydrogen-bond acceptors (Lipinski definition) is 5. The summed E-state index contributed by atoms with van der Waals surface area (Å²) in [6.45, 7) is 4.63. The maximum atomic E-state index is 14.4. The Bertz CT molecular complexity index is 1670. The third-order valence-corrected chi connectivity index (χ3v) is 8.31. The Balaban J connectivity index is 1.52. The molecule has 0 unspecified atom stereocenters. The molecule has 36 heavy (non-hydrogen) atoms. The number of thiazole rings is 1. The quantitative estimate of drug-likeness (QED) is 0.238. The van der Waals surface area contributed by atoms with E-state index in [9.17, 15) is 4.79 Å². The molecule has 0 fully saturated rings. The third kappa shape index (κ3) is 4.19. The van der Waals surface area contributed by atoms with Crippen LogP contribution in [-0.2, 0) is 6.54 Å². The summed E-state index contributed by atoms with van der Waals surface area (Å²) < 4.78 is 1.08. The van der Waals surface area contributed by atoms with Crippen molar-refractivity contribution in [1.29, 1.82) is 0 Å². The largest absolute Gasteiger partial charge is 0.279 e. The van der Waals surface area contributed by atoms with Gasteiger partial charge in [0.15, 0.2) is 5.13 Å². The van der Waals surface area contributed by atoms with Crippen molar-refractivity contribution in [3.05, 3.63) is 113 Å². The standard InChI is InChI=1S/C30H23N3OS2/c1-19-15-25-28(16-20(19)2)36-30(32-25)33(18-21-9-4-3-5-10-21)29(34)23-17-26(27-13-8-14-35-27)31-24-12-7-6-11-22(23)24/h3-17H,18H2,1-2H3. The molecule has 0 radical (unpaired) electrons. The maximum Gasteiger partial charge on any atom is 0.261 e. The molecule has 3 heterocycles. The summed E-state index contributed by atoms with van der Waals surface area (Å²) in [7, 11) is 0. The Morgan fingerprint density at radius 2 is 1.61 bits per heavy atom. The Kier molecular flexibility index (Phi) is 5.83. The number of nitrogens with zero attached hydrogens (tertiary/aromatic N) is 3. The second-order valence-corrected chi connectivity index (χ2v) is 10.8. The number of fused-ring (bicyclic) bond motifs is 2. The van der Waals surface area contributed by atoms with E-state index in [1.807, 2.05) is 83.1 Å². The van der Waals surface area contributed by atoms with Gasteiger partial charge in [-0.1, -0.05) is 65.9 Å². The van der Waals surface area contributed by atoms with Crippen LogP contribution < -0.4 is 4.90 Å². The van der Waals surface area contributed by atoms with E-state index in [4.69, 9.17) is 9.97 Å². The van der Waals surface area contributed by atoms with Gasteiger partial charge < -0.3 is 0 Å². The van der Waals surface area contributed by atoms with E-state index in [1.165, 1.54) is 11.1 Å². The average molecular weight is 506 g/mol. The second kappa shape index (κ2) is 9.30. The van der Waals surface area contributed by atoms with Gasteiger partial charge in [0.1, 0.15) is 0 Å². The minimum absolute atomic E-state index is 0.0808. The molecule has 6 rings (SSSR count). The molecule has 0 N–H and O–H groups in total. The van der Waals surface area contributed by atoms with Gasteiger partial charge in [-0.25, -0.2) is 9.97 Å². The molecule has 0 saturated heterocycles. The number of aromatic nitrogens is 2. The molecular weight excluding hydrogens is 482 g/mol. The van der Waals surface area contributed by atoms with Crippen molar-refractivity contribution in [1.82, 2.24) is 9.97 Å². The number of carbonyl (C=O) groups excluding carboxylic acids is 1. The third-order valence-electron chi connectivity index (χ3n) is 6.37. The van der Waals surface area contributed by atoms with E-state index in [-0.39, 0.29) is 5.91 Å². The van der Waals surface area contributed by atoms with Crippen molar-refractivity contribution in [2.24, 2.45) is 0 Å². The average Bonchev–Trinajstić information content (AvgIpc) is 3.58. The number of thiophene rings is 1. The molecule has 1 amide bonds. The van der Waals surface area contributed by atoms with Crippen molar-refractivity contribution in [2.45, 2.75) is 20.4 Å². The van der Waals surface area contributed by atoms with Gasteiger partial charge in [-0.3, -0.25) is 9.69 Å². The monoisotopic (exact) mass is 505 g/mol. The first-order chi connectivity index (χ1) is 17.6. The number of carbonyl (C=O) groups is 1. The molecule has 0 aliphatic rings. The van der Waals surface area contributed by atoms with Crippen LogP contribution in [0, 0.1) is 13.8 Å². The fourth-order valence-corrected chi connectivity index (χ4v) is 6.05. The number of aryl methyl sites for hydroxylation is 2.